The first-order chi connectivity index (χ1) is 9.47. The van der Waals surface area contributed by atoms with Crippen LogP contribution in [0.15, 0.2) is 24.3 Å². The molecule has 0 bridgehead atoms. The molecule has 4 heteroatoms. The van der Waals surface area contributed by atoms with Gasteiger partial charge in [-0.15, -0.1) is 0 Å². The molecule has 3 nitrogen and oxygen atoms in total. The molecule has 2 rings (SSSR count). The third-order valence-electron chi connectivity index (χ3n) is 3.74. The van der Waals surface area contributed by atoms with Gasteiger partial charge in [-0.1, -0.05) is 23.7 Å². The molecule has 0 amide bonds. The van der Waals surface area contributed by atoms with E-state index in [-0.39, 0.29) is 0 Å². The number of rotatable bonds is 5. The number of nitrogens with one attached hydrogen (secondary N) is 1. The number of aromatic nitrogens is 2. The fourth-order valence-electron chi connectivity index (χ4n) is 2.40. The molecular formula is C16H22ClN3. The van der Waals surface area contributed by atoms with Gasteiger partial charge in [-0.3, -0.25) is 4.68 Å². The summed E-state index contributed by atoms with van der Waals surface area (Å²) >= 11 is 5.90. The van der Waals surface area contributed by atoms with Crippen molar-refractivity contribution in [3.8, 4) is 0 Å². The first kappa shape index (κ1) is 15.1. The molecule has 1 aromatic heterocycles. The van der Waals surface area contributed by atoms with Crippen LogP contribution >= 0.6 is 11.6 Å². The monoisotopic (exact) mass is 291 g/mol. The fourth-order valence-corrected chi connectivity index (χ4v) is 2.52. The zero-order valence-electron chi connectivity index (χ0n) is 12.6. The molecule has 1 heterocycles. The Balaban J connectivity index is 1.92. The fraction of sp³-hybridized carbons (Fsp3) is 0.438. The summed E-state index contributed by atoms with van der Waals surface area (Å²) in [5.74, 6) is 0. The van der Waals surface area contributed by atoms with Crippen molar-refractivity contribution in [1.29, 1.82) is 0 Å². The average Bonchev–Trinajstić information content (AvgIpc) is 2.64. The minimum atomic E-state index is 0.412. The van der Waals surface area contributed by atoms with E-state index in [1.807, 2.05) is 23.9 Å². The Morgan fingerprint density at radius 2 is 1.90 bits per heavy atom. The molecule has 1 N–H and O–H groups in total. The second-order valence-corrected chi connectivity index (χ2v) is 5.82. The minimum absolute atomic E-state index is 0.412. The van der Waals surface area contributed by atoms with Crippen LogP contribution in [0.25, 0.3) is 0 Å². The van der Waals surface area contributed by atoms with Crippen LogP contribution in [-0.4, -0.2) is 15.8 Å². The molecule has 0 saturated heterocycles. The lowest BCUT2D eigenvalue weighted by Crippen LogP contribution is -2.28. The largest absolute Gasteiger partial charge is 0.310 e. The minimum Gasteiger partial charge on any atom is -0.310 e. The molecule has 1 aromatic carbocycles. The summed E-state index contributed by atoms with van der Waals surface area (Å²) < 4.78 is 1.94. The highest BCUT2D eigenvalue weighted by molar-refractivity contribution is 6.30. The standard InChI is InChI=1S/C16H22ClN3/c1-11(9-14-5-7-15(17)8-6-14)18-10-16-12(2)19-20(4)13(16)3/h5-8,11,18H,9-10H2,1-4H3. The van der Waals surface area contributed by atoms with Crippen molar-refractivity contribution in [1.82, 2.24) is 15.1 Å². The zero-order valence-corrected chi connectivity index (χ0v) is 13.3. The van der Waals surface area contributed by atoms with Gasteiger partial charge in [0, 0.05) is 35.9 Å². The number of hydrogen-bond donors (Lipinski definition) is 1. The number of benzene rings is 1. The third-order valence-corrected chi connectivity index (χ3v) is 3.99. The molecule has 0 radical (unpaired) electrons. The number of hydrogen-bond acceptors (Lipinski definition) is 2. The van der Waals surface area contributed by atoms with E-state index in [0.29, 0.717) is 6.04 Å². The van der Waals surface area contributed by atoms with E-state index in [2.05, 4.69) is 43.3 Å². The summed E-state index contributed by atoms with van der Waals surface area (Å²) in [5, 5.41) is 8.80. The van der Waals surface area contributed by atoms with E-state index in [4.69, 9.17) is 11.6 Å². The predicted molar refractivity (Wildman–Crippen MR) is 84.1 cm³/mol. The maximum Gasteiger partial charge on any atom is 0.0641 e. The van der Waals surface area contributed by atoms with Crippen LogP contribution in [0.3, 0.4) is 0 Å². The topological polar surface area (TPSA) is 29.9 Å². The molecule has 1 atom stereocenters. The maximum absolute atomic E-state index is 5.90. The average molecular weight is 292 g/mol. The SMILES string of the molecule is Cc1nn(C)c(C)c1CNC(C)Cc1ccc(Cl)cc1. The highest BCUT2D eigenvalue weighted by atomic mass is 35.5. The maximum atomic E-state index is 5.90. The first-order valence-electron chi connectivity index (χ1n) is 6.94. The van der Waals surface area contributed by atoms with E-state index in [0.717, 1.165) is 23.7 Å². The highest BCUT2D eigenvalue weighted by Crippen LogP contribution is 2.13. The van der Waals surface area contributed by atoms with Crippen molar-refractivity contribution in [3.63, 3.8) is 0 Å². The molecule has 0 saturated carbocycles. The summed E-state index contributed by atoms with van der Waals surface area (Å²) in [6.45, 7) is 7.24. The van der Waals surface area contributed by atoms with Gasteiger partial charge < -0.3 is 5.32 Å². The lowest BCUT2D eigenvalue weighted by Gasteiger charge is -2.14. The van der Waals surface area contributed by atoms with Gasteiger partial charge in [0.1, 0.15) is 0 Å². The van der Waals surface area contributed by atoms with Crippen LogP contribution in [-0.2, 0) is 20.0 Å². The van der Waals surface area contributed by atoms with Gasteiger partial charge in [-0.2, -0.15) is 5.10 Å². The Bertz CT molecular complexity index is 572. The molecule has 0 spiro atoms. The van der Waals surface area contributed by atoms with Gasteiger partial charge in [0.25, 0.3) is 0 Å². The van der Waals surface area contributed by atoms with Crippen LogP contribution < -0.4 is 5.32 Å². The molecular weight excluding hydrogens is 270 g/mol. The molecule has 1 unspecified atom stereocenters. The van der Waals surface area contributed by atoms with Gasteiger partial charge in [0.05, 0.1) is 5.69 Å². The summed E-state index contributed by atoms with van der Waals surface area (Å²) in [6, 6.07) is 8.47. The van der Waals surface area contributed by atoms with Crippen molar-refractivity contribution >= 4 is 11.6 Å². The van der Waals surface area contributed by atoms with Gasteiger partial charge >= 0.3 is 0 Å². The summed E-state index contributed by atoms with van der Waals surface area (Å²) in [7, 11) is 1.99. The Hall–Kier alpha value is -1.32. The predicted octanol–water partition coefficient (Wildman–Crippen LogP) is 3.41. The lowest BCUT2D eigenvalue weighted by atomic mass is 10.1. The van der Waals surface area contributed by atoms with Gasteiger partial charge in [0.15, 0.2) is 0 Å². The van der Waals surface area contributed by atoms with Gasteiger partial charge in [-0.05, 0) is 44.9 Å². The second kappa shape index (κ2) is 6.42. The smallest absolute Gasteiger partial charge is 0.0641 e. The van der Waals surface area contributed by atoms with E-state index in [1.54, 1.807) is 0 Å². The van der Waals surface area contributed by atoms with Crippen LogP contribution in [0.5, 0.6) is 0 Å². The number of aryl methyl sites for hydroxylation is 2. The summed E-state index contributed by atoms with van der Waals surface area (Å²) in [5.41, 5.74) is 4.94. The van der Waals surface area contributed by atoms with E-state index < -0.39 is 0 Å². The number of halogens is 1. The molecule has 20 heavy (non-hydrogen) atoms. The molecule has 2 aromatic rings. The Kier molecular flexibility index (Phi) is 4.84. The summed E-state index contributed by atoms with van der Waals surface area (Å²) in [6.07, 6.45) is 0.996. The third kappa shape index (κ3) is 3.62. The van der Waals surface area contributed by atoms with Crippen molar-refractivity contribution < 1.29 is 0 Å². The van der Waals surface area contributed by atoms with Crippen LogP contribution in [0.1, 0.15) is 29.4 Å². The Morgan fingerprint density at radius 1 is 1.25 bits per heavy atom. The molecule has 0 aliphatic heterocycles. The van der Waals surface area contributed by atoms with Crippen molar-refractivity contribution in [2.45, 2.75) is 39.8 Å². The van der Waals surface area contributed by atoms with Crippen molar-refractivity contribution in [2.75, 3.05) is 0 Å². The van der Waals surface area contributed by atoms with Crippen LogP contribution in [0.4, 0.5) is 0 Å². The second-order valence-electron chi connectivity index (χ2n) is 5.39. The van der Waals surface area contributed by atoms with E-state index in [9.17, 15) is 0 Å². The molecule has 108 valence electrons. The zero-order chi connectivity index (χ0) is 14.7. The quantitative estimate of drug-likeness (QED) is 0.915. The highest BCUT2D eigenvalue weighted by Gasteiger charge is 2.10. The lowest BCUT2D eigenvalue weighted by molar-refractivity contribution is 0.543. The van der Waals surface area contributed by atoms with Gasteiger partial charge in [-0.25, -0.2) is 0 Å². The first-order valence-corrected chi connectivity index (χ1v) is 7.32. The molecule has 0 aliphatic rings. The Labute approximate surface area is 126 Å². The van der Waals surface area contributed by atoms with Crippen LogP contribution in [0, 0.1) is 13.8 Å². The normalized spacial score (nSPS) is 12.7. The van der Waals surface area contributed by atoms with Crippen molar-refractivity contribution in [3.05, 3.63) is 51.8 Å². The van der Waals surface area contributed by atoms with Gasteiger partial charge in [0.2, 0.25) is 0 Å². The summed E-state index contributed by atoms with van der Waals surface area (Å²) in [4.78, 5) is 0. The Morgan fingerprint density at radius 3 is 2.45 bits per heavy atom. The molecule has 0 fully saturated rings. The number of nitrogens with zero attached hydrogens (tertiary/aromatic N) is 2. The van der Waals surface area contributed by atoms with Crippen LogP contribution in [0.2, 0.25) is 5.02 Å². The van der Waals surface area contributed by atoms with Crippen molar-refractivity contribution in [2.24, 2.45) is 7.05 Å². The van der Waals surface area contributed by atoms with E-state index in [1.165, 1.54) is 16.8 Å². The molecule has 0 aliphatic carbocycles. The van der Waals surface area contributed by atoms with E-state index >= 15 is 0 Å².